The summed E-state index contributed by atoms with van der Waals surface area (Å²) in [6, 6.07) is 12.2. The Kier molecular flexibility index (Phi) is 5.37. The summed E-state index contributed by atoms with van der Waals surface area (Å²) in [5.74, 6) is 0.127. The Labute approximate surface area is 152 Å². The molecule has 0 aliphatic heterocycles. The molecule has 2 N–H and O–H groups in total. The van der Waals surface area contributed by atoms with Gasteiger partial charge in [0.1, 0.15) is 5.75 Å². The van der Waals surface area contributed by atoms with Gasteiger partial charge in [-0.2, -0.15) is 0 Å². The number of amides is 1. The van der Waals surface area contributed by atoms with Crippen LogP contribution in [0, 0.1) is 5.92 Å². The van der Waals surface area contributed by atoms with Gasteiger partial charge >= 0.3 is 5.97 Å². The molecule has 134 valence electrons. The number of anilines is 1. The largest absolute Gasteiger partial charge is 0.496 e. The van der Waals surface area contributed by atoms with Gasteiger partial charge in [-0.05, 0) is 60.6 Å². The van der Waals surface area contributed by atoms with Gasteiger partial charge in [-0.3, -0.25) is 4.79 Å². The average molecular weight is 351 g/mol. The van der Waals surface area contributed by atoms with Crippen LogP contribution in [0.5, 0.6) is 5.75 Å². The van der Waals surface area contributed by atoms with Crippen LogP contribution in [0.2, 0.25) is 0 Å². The highest BCUT2D eigenvalue weighted by Crippen LogP contribution is 2.35. The molecular weight excluding hydrogens is 330 g/mol. The average Bonchev–Trinajstić information content (AvgIpc) is 3.45. The molecule has 0 atom stereocenters. The SMILES string of the molecule is COc1cc(/C=C/C(=O)Nc2ccccc2C(=O)O)ccc1CC1CC1. The van der Waals surface area contributed by atoms with E-state index in [4.69, 9.17) is 9.84 Å². The number of carboxylic acid groups (broad SMARTS) is 1. The van der Waals surface area contributed by atoms with Crippen LogP contribution in [0.1, 0.15) is 34.3 Å². The molecule has 5 heteroatoms. The maximum atomic E-state index is 12.1. The van der Waals surface area contributed by atoms with Crippen molar-refractivity contribution in [1.29, 1.82) is 0 Å². The molecule has 1 fully saturated rings. The second-order valence-electron chi connectivity index (χ2n) is 6.39. The molecule has 5 nitrogen and oxygen atoms in total. The molecule has 2 aromatic carbocycles. The Morgan fingerprint density at radius 3 is 2.69 bits per heavy atom. The van der Waals surface area contributed by atoms with Crippen LogP contribution in [0.3, 0.4) is 0 Å². The summed E-state index contributed by atoms with van der Waals surface area (Å²) in [5, 5.41) is 11.8. The van der Waals surface area contributed by atoms with E-state index < -0.39 is 5.97 Å². The van der Waals surface area contributed by atoms with Crippen molar-refractivity contribution in [1.82, 2.24) is 0 Å². The minimum Gasteiger partial charge on any atom is -0.496 e. The Morgan fingerprint density at radius 2 is 2.00 bits per heavy atom. The Balaban J connectivity index is 1.69. The molecular formula is C21H21NO4. The summed E-state index contributed by atoms with van der Waals surface area (Å²) in [7, 11) is 1.65. The smallest absolute Gasteiger partial charge is 0.337 e. The van der Waals surface area contributed by atoms with E-state index in [1.807, 2.05) is 18.2 Å². The Hall–Kier alpha value is -3.08. The highest BCUT2D eigenvalue weighted by molar-refractivity contribution is 6.06. The molecule has 3 rings (SSSR count). The number of hydrogen-bond donors (Lipinski definition) is 2. The first kappa shape index (κ1) is 17.7. The first-order valence-corrected chi connectivity index (χ1v) is 8.55. The van der Waals surface area contributed by atoms with Gasteiger partial charge in [0.15, 0.2) is 0 Å². The number of carbonyl (C=O) groups excluding carboxylic acids is 1. The van der Waals surface area contributed by atoms with Crippen molar-refractivity contribution in [2.24, 2.45) is 5.92 Å². The van der Waals surface area contributed by atoms with Crippen molar-refractivity contribution in [3.63, 3.8) is 0 Å². The van der Waals surface area contributed by atoms with Gasteiger partial charge < -0.3 is 15.2 Å². The lowest BCUT2D eigenvalue weighted by Gasteiger charge is -2.09. The van der Waals surface area contributed by atoms with Crippen molar-refractivity contribution in [3.8, 4) is 5.75 Å². The van der Waals surface area contributed by atoms with E-state index in [9.17, 15) is 9.59 Å². The van der Waals surface area contributed by atoms with E-state index >= 15 is 0 Å². The van der Waals surface area contributed by atoms with E-state index in [-0.39, 0.29) is 17.2 Å². The topological polar surface area (TPSA) is 75.6 Å². The Bertz CT molecular complexity index is 853. The fourth-order valence-electron chi connectivity index (χ4n) is 2.79. The third kappa shape index (κ3) is 4.51. The van der Waals surface area contributed by atoms with Crippen molar-refractivity contribution < 1.29 is 19.4 Å². The van der Waals surface area contributed by atoms with Gasteiger partial charge in [0.2, 0.25) is 5.91 Å². The predicted molar refractivity (Wildman–Crippen MR) is 100 cm³/mol. The lowest BCUT2D eigenvalue weighted by molar-refractivity contribution is -0.111. The minimum atomic E-state index is -1.08. The van der Waals surface area contributed by atoms with Crippen LogP contribution in [0.25, 0.3) is 6.08 Å². The summed E-state index contributed by atoms with van der Waals surface area (Å²) in [4.78, 5) is 23.3. The lowest BCUT2D eigenvalue weighted by Crippen LogP contribution is -2.11. The molecule has 0 aromatic heterocycles. The van der Waals surface area contributed by atoms with Crippen LogP contribution in [0.4, 0.5) is 5.69 Å². The monoisotopic (exact) mass is 351 g/mol. The molecule has 1 saturated carbocycles. The number of para-hydroxylation sites is 1. The normalized spacial score (nSPS) is 13.6. The number of aromatic carboxylic acids is 1. The van der Waals surface area contributed by atoms with Crippen molar-refractivity contribution >= 4 is 23.6 Å². The van der Waals surface area contributed by atoms with E-state index in [1.54, 1.807) is 31.4 Å². The summed E-state index contributed by atoms with van der Waals surface area (Å²) in [6.07, 6.45) is 6.65. The summed E-state index contributed by atoms with van der Waals surface area (Å²) in [6.45, 7) is 0. The maximum absolute atomic E-state index is 12.1. The second-order valence-corrected chi connectivity index (χ2v) is 6.39. The number of nitrogens with one attached hydrogen (secondary N) is 1. The van der Waals surface area contributed by atoms with Crippen LogP contribution in [-0.2, 0) is 11.2 Å². The zero-order chi connectivity index (χ0) is 18.5. The molecule has 1 aliphatic rings. The van der Waals surface area contributed by atoms with E-state index in [0.29, 0.717) is 0 Å². The van der Waals surface area contributed by atoms with Crippen LogP contribution in [-0.4, -0.2) is 24.1 Å². The van der Waals surface area contributed by atoms with Gasteiger partial charge in [0.25, 0.3) is 0 Å². The van der Waals surface area contributed by atoms with E-state index in [1.165, 1.54) is 30.5 Å². The predicted octanol–water partition coefficient (Wildman–Crippen LogP) is 4.00. The van der Waals surface area contributed by atoms with Crippen molar-refractivity contribution in [2.45, 2.75) is 19.3 Å². The molecule has 0 radical (unpaired) electrons. The van der Waals surface area contributed by atoms with Crippen LogP contribution in [0.15, 0.2) is 48.5 Å². The van der Waals surface area contributed by atoms with Crippen molar-refractivity contribution in [2.75, 3.05) is 12.4 Å². The van der Waals surface area contributed by atoms with Gasteiger partial charge in [0.05, 0.1) is 18.4 Å². The number of rotatable bonds is 7. The summed E-state index contributed by atoms with van der Waals surface area (Å²) < 4.78 is 5.46. The highest BCUT2D eigenvalue weighted by atomic mass is 16.5. The number of methoxy groups -OCH3 is 1. The number of carbonyl (C=O) groups is 2. The summed E-state index contributed by atoms with van der Waals surface area (Å²) >= 11 is 0. The molecule has 1 aliphatic carbocycles. The third-order valence-electron chi connectivity index (χ3n) is 4.36. The van der Waals surface area contributed by atoms with Gasteiger partial charge in [0, 0.05) is 6.08 Å². The first-order chi connectivity index (χ1) is 12.6. The fourth-order valence-corrected chi connectivity index (χ4v) is 2.79. The molecule has 1 amide bonds. The fraction of sp³-hybridized carbons (Fsp3) is 0.238. The molecule has 0 bridgehead atoms. The number of hydrogen-bond acceptors (Lipinski definition) is 3. The number of benzene rings is 2. The van der Waals surface area contributed by atoms with E-state index in [0.717, 1.165) is 23.7 Å². The molecule has 0 unspecified atom stereocenters. The quantitative estimate of drug-likeness (QED) is 0.740. The molecule has 0 spiro atoms. The molecule has 26 heavy (non-hydrogen) atoms. The first-order valence-electron chi connectivity index (χ1n) is 8.55. The van der Waals surface area contributed by atoms with Crippen LogP contribution < -0.4 is 10.1 Å². The minimum absolute atomic E-state index is 0.0559. The zero-order valence-electron chi connectivity index (χ0n) is 14.6. The van der Waals surface area contributed by atoms with Gasteiger partial charge in [-0.15, -0.1) is 0 Å². The highest BCUT2D eigenvalue weighted by Gasteiger charge is 2.22. The number of carboxylic acids is 1. The third-order valence-corrected chi connectivity index (χ3v) is 4.36. The molecule has 0 saturated heterocycles. The summed E-state index contributed by atoms with van der Waals surface area (Å²) in [5.41, 5.74) is 2.36. The van der Waals surface area contributed by atoms with Crippen molar-refractivity contribution in [3.05, 3.63) is 65.2 Å². The van der Waals surface area contributed by atoms with Gasteiger partial charge in [-0.25, -0.2) is 4.79 Å². The standard InChI is InChI=1S/C21H21NO4/c1-26-19-13-15(8-10-16(19)12-14-6-7-14)9-11-20(23)22-18-5-3-2-4-17(18)21(24)25/h2-5,8-11,13-14H,6-7,12H2,1H3,(H,22,23)(H,24,25)/b11-9+. The second kappa shape index (κ2) is 7.87. The Morgan fingerprint density at radius 1 is 1.23 bits per heavy atom. The lowest BCUT2D eigenvalue weighted by atomic mass is 10.0. The van der Waals surface area contributed by atoms with Crippen LogP contribution >= 0.6 is 0 Å². The van der Waals surface area contributed by atoms with Gasteiger partial charge in [-0.1, -0.05) is 24.3 Å². The maximum Gasteiger partial charge on any atom is 0.337 e. The van der Waals surface area contributed by atoms with E-state index in [2.05, 4.69) is 5.32 Å². The molecule has 2 aromatic rings. The number of ether oxygens (including phenoxy) is 1. The molecule has 0 heterocycles. The zero-order valence-corrected chi connectivity index (χ0v) is 14.6.